The fraction of sp³-hybridized carbons (Fsp3) is 0.190. The van der Waals surface area contributed by atoms with Crippen molar-refractivity contribution in [3.63, 3.8) is 0 Å². The topological polar surface area (TPSA) is 70.2 Å². The van der Waals surface area contributed by atoms with Crippen LogP contribution in [0.3, 0.4) is 0 Å². The van der Waals surface area contributed by atoms with Crippen LogP contribution in [0.4, 0.5) is 31.8 Å². The van der Waals surface area contributed by atoms with Crippen LogP contribution >= 0.6 is 0 Å². The number of hydrogen-bond acceptors (Lipinski definition) is 5. The van der Waals surface area contributed by atoms with E-state index in [-0.39, 0.29) is 17.4 Å². The zero-order valence-electron chi connectivity index (χ0n) is 15.5. The molecule has 29 heavy (non-hydrogen) atoms. The van der Waals surface area contributed by atoms with Gasteiger partial charge < -0.3 is 15.5 Å². The van der Waals surface area contributed by atoms with E-state index in [0.717, 1.165) is 30.9 Å². The van der Waals surface area contributed by atoms with Crippen LogP contribution in [0.15, 0.2) is 54.9 Å². The van der Waals surface area contributed by atoms with Gasteiger partial charge in [-0.25, -0.2) is 18.7 Å². The van der Waals surface area contributed by atoms with Crippen molar-refractivity contribution in [3.05, 3.63) is 72.1 Å². The average Bonchev–Trinajstić information content (AvgIpc) is 3.27. The first kappa shape index (κ1) is 18.8. The van der Waals surface area contributed by atoms with Gasteiger partial charge in [-0.1, -0.05) is 0 Å². The number of halogens is 2. The monoisotopic (exact) mass is 395 g/mol. The fourth-order valence-corrected chi connectivity index (χ4v) is 3.15. The van der Waals surface area contributed by atoms with Crippen LogP contribution in [0, 0.1) is 11.6 Å². The number of nitrogens with zero attached hydrogens (tertiary/aromatic N) is 3. The molecule has 0 spiro atoms. The summed E-state index contributed by atoms with van der Waals surface area (Å²) in [6, 6.07) is 11.1. The molecule has 0 unspecified atom stereocenters. The maximum Gasteiger partial charge on any atom is 0.258 e. The number of amides is 1. The van der Waals surface area contributed by atoms with Crippen LogP contribution in [-0.2, 0) is 0 Å². The van der Waals surface area contributed by atoms with Crippen LogP contribution in [0.2, 0.25) is 0 Å². The van der Waals surface area contributed by atoms with E-state index in [2.05, 4.69) is 25.5 Å². The number of nitrogens with one attached hydrogen (secondary N) is 2. The van der Waals surface area contributed by atoms with Gasteiger partial charge in [-0.05, 0) is 49.2 Å². The quantitative estimate of drug-likeness (QED) is 0.672. The van der Waals surface area contributed by atoms with Gasteiger partial charge in [-0.15, -0.1) is 0 Å². The van der Waals surface area contributed by atoms with Crippen molar-refractivity contribution in [1.82, 2.24) is 9.97 Å². The molecule has 0 bridgehead atoms. The van der Waals surface area contributed by atoms with E-state index in [1.54, 1.807) is 0 Å². The van der Waals surface area contributed by atoms with Gasteiger partial charge in [-0.2, -0.15) is 0 Å². The molecule has 1 fully saturated rings. The summed E-state index contributed by atoms with van der Waals surface area (Å²) in [6.45, 7) is 2.13. The second-order valence-electron chi connectivity index (χ2n) is 6.74. The Morgan fingerprint density at radius 2 is 1.55 bits per heavy atom. The highest BCUT2D eigenvalue weighted by molar-refractivity contribution is 6.04. The molecule has 0 radical (unpaired) electrons. The lowest BCUT2D eigenvalue weighted by Crippen LogP contribution is -2.17. The Morgan fingerprint density at radius 1 is 0.897 bits per heavy atom. The van der Waals surface area contributed by atoms with Crippen LogP contribution in [0.5, 0.6) is 0 Å². The summed E-state index contributed by atoms with van der Waals surface area (Å²) in [6.07, 6.45) is 5.14. The van der Waals surface area contributed by atoms with Crippen molar-refractivity contribution < 1.29 is 13.6 Å². The molecule has 148 valence electrons. The highest BCUT2D eigenvalue weighted by atomic mass is 19.2. The molecule has 2 aromatic carbocycles. The number of carbonyl (C=O) groups is 1. The lowest BCUT2D eigenvalue weighted by Gasteiger charge is -2.17. The van der Waals surface area contributed by atoms with Crippen LogP contribution in [0.1, 0.15) is 23.2 Å². The van der Waals surface area contributed by atoms with E-state index < -0.39 is 11.6 Å². The second kappa shape index (κ2) is 8.22. The summed E-state index contributed by atoms with van der Waals surface area (Å²) in [5.74, 6) is -2.07. The Bertz CT molecular complexity index is 1000. The Balaban J connectivity index is 1.38. The Kier molecular flexibility index (Phi) is 5.33. The molecule has 0 aliphatic carbocycles. The van der Waals surface area contributed by atoms with E-state index in [9.17, 15) is 13.6 Å². The minimum atomic E-state index is -0.971. The molecule has 1 aliphatic heterocycles. The number of benzene rings is 2. The van der Waals surface area contributed by atoms with E-state index in [0.29, 0.717) is 11.4 Å². The van der Waals surface area contributed by atoms with E-state index >= 15 is 0 Å². The second-order valence-corrected chi connectivity index (χ2v) is 6.74. The molecular formula is C21H19F2N5O. The van der Waals surface area contributed by atoms with Crippen molar-refractivity contribution in [2.75, 3.05) is 28.6 Å². The molecule has 1 aromatic heterocycles. The molecule has 2 N–H and O–H groups in total. The maximum absolute atomic E-state index is 13.3. The fourth-order valence-electron chi connectivity index (χ4n) is 3.15. The third-order valence-electron chi connectivity index (χ3n) is 4.69. The van der Waals surface area contributed by atoms with Gasteiger partial charge >= 0.3 is 0 Å². The molecule has 8 heteroatoms. The Labute approximate surface area is 166 Å². The van der Waals surface area contributed by atoms with Gasteiger partial charge in [0.1, 0.15) is 0 Å². The SMILES string of the molecule is O=C(Nc1ccc(N2CCCC2)cc1)c1cnc(Nc2ccc(F)c(F)c2)nc1. The molecule has 0 saturated carbocycles. The van der Waals surface area contributed by atoms with E-state index in [1.165, 1.54) is 31.3 Å². The molecular weight excluding hydrogens is 376 g/mol. The normalized spacial score (nSPS) is 13.4. The van der Waals surface area contributed by atoms with Gasteiger partial charge in [-0.3, -0.25) is 4.79 Å². The number of carbonyl (C=O) groups excluding carboxylic acids is 1. The zero-order chi connectivity index (χ0) is 20.2. The average molecular weight is 395 g/mol. The summed E-state index contributed by atoms with van der Waals surface area (Å²) in [4.78, 5) is 22.8. The number of aromatic nitrogens is 2. The Hall–Kier alpha value is -3.55. The minimum absolute atomic E-state index is 0.169. The summed E-state index contributed by atoms with van der Waals surface area (Å²) < 4.78 is 26.2. The largest absolute Gasteiger partial charge is 0.372 e. The highest BCUT2D eigenvalue weighted by Gasteiger charge is 2.13. The maximum atomic E-state index is 13.3. The number of anilines is 4. The predicted molar refractivity (Wildman–Crippen MR) is 108 cm³/mol. The summed E-state index contributed by atoms with van der Waals surface area (Å²) in [7, 11) is 0. The van der Waals surface area contributed by atoms with Crippen molar-refractivity contribution in [1.29, 1.82) is 0 Å². The first-order valence-corrected chi connectivity index (χ1v) is 9.29. The van der Waals surface area contributed by atoms with Gasteiger partial charge in [0.05, 0.1) is 5.56 Å². The first-order valence-electron chi connectivity index (χ1n) is 9.29. The van der Waals surface area contributed by atoms with Gasteiger partial charge in [0.2, 0.25) is 5.95 Å². The van der Waals surface area contributed by atoms with E-state index in [1.807, 2.05) is 24.3 Å². The van der Waals surface area contributed by atoms with Crippen molar-refractivity contribution in [2.45, 2.75) is 12.8 Å². The third kappa shape index (κ3) is 4.48. The molecule has 1 aliphatic rings. The van der Waals surface area contributed by atoms with Crippen molar-refractivity contribution in [3.8, 4) is 0 Å². The van der Waals surface area contributed by atoms with Crippen LogP contribution in [0.25, 0.3) is 0 Å². The molecule has 0 atom stereocenters. The number of hydrogen-bond donors (Lipinski definition) is 2. The lowest BCUT2D eigenvalue weighted by atomic mass is 10.2. The third-order valence-corrected chi connectivity index (χ3v) is 4.69. The molecule has 1 saturated heterocycles. The standard InChI is InChI=1S/C21H19F2N5O/c22-18-8-5-16(11-19(18)23)27-21-24-12-14(13-25-21)20(29)26-15-3-6-17(7-4-15)28-9-1-2-10-28/h3-8,11-13H,1-2,9-10H2,(H,26,29)(H,24,25,27). The van der Waals surface area contributed by atoms with Crippen molar-refractivity contribution >= 4 is 28.9 Å². The van der Waals surface area contributed by atoms with Crippen molar-refractivity contribution in [2.24, 2.45) is 0 Å². The summed E-state index contributed by atoms with van der Waals surface area (Å²) in [5, 5.41) is 5.57. The zero-order valence-corrected chi connectivity index (χ0v) is 15.5. The predicted octanol–water partition coefficient (Wildman–Crippen LogP) is 4.35. The Morgan fingerprint density at radius 3 is 2.21 bits per heavy atom. The summed E-state index contributed by atoms with van der Waals surface area (Å²) >= 11 is 0. The lowest BCUT2D eigenvalue weighted by molar-refractivity contribution is 0.102. The first-order chi connectivity index (χ1) is 14.1. The van der Waals surface area contributed by atoms with Crippen LogP contribution in [-0.4, -0.2) is 29.0 Å². The molecule has 4 rings (SSSR count). The molecule has 1 amide bonds. The van der Waals surface area contributed by atoms with Gasteiger partial charge in [0.15, 0.2) is 11.6 Å². The smallest absolute Gasteiger partial charge is 0.258 e. The van der Waals surface area contributed by atoms with Crippen LogP contribution < -0.4 is 15.5 Å². The van der Waals surface area contributed by atoms with Gasteiger partial charge in [0, 0.05) is 48.6 Å². The van der Waals surface area contributed by atoms with Gasteiger partial charge in [0.25, 0.3) is 5.91 Å². The number of rotatable bonds is 5. The summed E-state index contributed by atoms with van der Waals surface area (Å²) in [5.41, 5.74) is 2.42. The minimum Gasteiger partial charge on any atom is -0.372 e. The molecule has 3 aromatic rings. The van der Waals surface area contributed by atoms with E-state index in [4.69, 9.17) is 0 Å². The molecule has 6 nitrogen and oxygen atoms in total. The highest BCUT2D eigenvalue weighted by Crippen LogP contribution is 2.22. The molecule has 2 heterocycles.